The third kappa shape index (κ3) is 3.04. The van der Waals surface area contributed by atoms with E-state index in [0.717, 1.165) is 19.2 Å². The summed E-state index contributed by atoms with van der Waals surface area (Å²) in [6.45, 7) is 0. The van der Waals surface area contributed by atoms with Crippen molar-refractivity contribution in [2.75, 3.05) is 11.8 Å². The molecule has 2 aromatic rings. The zero-order valence-corrected chi connectivity index (χ0v) is 13.1. The molecule has 4 nitrogen and oxygen atoms in total. The summed E-state index contributed by atoms with van der Waals surface area (Å²) in [5.74, 6) is -11.2. The summed E-state index contributed by atoms with van der Waals surface area (Å²) in [5.41, 5.74) is -2.01. The largest absolute Gasteiger partial charge is 0.755 e. The van der Waals surface area contributed by atoms with Gasteiger partial charge in [-0.25, -0.2) is 22.0 Å². The standard InChI is InChI=1S/C13H7ClF5NO3S/c1-23-13-4(2-3-5(7(13)14)20-24(21)22)6-8(15)10(17)12(19)11(18)9(6)16/h2-3,20H,1H3,(H,21,22)/p-1. The average Bonchev–Trinajstić information content (AvgIpc) is 2.53. The van der Waals surface area contributed by atoms with Gasteiger partial charge in [-0.3, -0.25) is 4.21 Å². The van der Waals surface area contributed by atoms with E-state index in [1.807, 2.05) is 4.72 Å². The first kappa shape index (κ1) is 18.4. The van der Waals surface area contributed by atoms with Gasteiger partial charge in [-0.1, -0.05) is 11.6 Å². The summed E-state index contributed by atoms with van der Waals surface area (Å²) in [4.78, 5) is 0. The number of methoxy groups -OCH3 is 1. The van der Waals surface area contributed by atoms with Crippen molar-refractivity contribution in [3.05, 3.63) is 46.2 Å². The van der Waals surface area contributed by atoms with Gasteiger partial charge in [0.2, 0.25) is 5.82 Å². The Bertz CT molecular complexity index is 820. The minimum atomic E-state index is -2.77. The minimum Gasteiger partial charge on any atom is -0.755 e. The van der Waals surface area contributed by atoms with Gasteiger partial charge in [0.25, 0.3) is 0 Å². The van der Waals surface area contributed by atoms with Crippen molar-refractivity contribution < 1.29 is 35.5 Å². The first-order chi connectivity index (χ1) is 11.2. The van der Waals surface area contributed by atoms with Crippen LogP contribution in [0.3, 0.4) is 0 Å². The third-order valence-electron chi connectivity index (χ3n) is 2.97. The summed E-state index contributed by atoms with van der Waals surface area (Å²) >= 11 is 3.09. The van der Waals surface area contributed by atoms with Gasteiger partial charge in [-0.2, -0.15) is 0 Å². The number of halogens is 6. The van der Waals surface area contributed by atoms with Crippen molar-refractivity contribution in [1.82, 2.24) is 0 Å². The van der Waals surface area contributed by atoms with E-state index in [-0.39, 0.29) is 5.69 Å². The molecule has 130 valence electrons. The average molecular weight is 387 g/mol. The van der Waals surface area contributed by atoms with Gasteiger partial charge in [-0.05, 0) is 12.1 Å². The van der Waals surface area contributed by atoms with E-state index in [9.17, 15) is 30.7 Å². The van der Waals surface area contributed by atoms with E-state index in [1.165, 1.54) is 0 Å². The van der Waals surface area contributed by atoms with Crippen LogP contribution in [0.4, 0.5) is 27.6 Å². The fourth-order valence-corrected chi connectivity index (χ4v) is 2.66. The van der Waals surface area contributed by atoms with Gasteiger partial charge < -0.3 is 14.0 Å². The first-order valence-electron chi connectivity index (χ1n) is 5.94. The van der Waals surface area contributed by atoms with E-state index >= 15 is 0 Å². The number of rotatable bonds is 4. The summed E-state index contributed by atoms with van der Waals surface area (Å²) in [7, 11) is 1.02. The molecular formula is C13H6ClF5NO3S-. The molecule has 0 aromatic heterocycles. The summed E-state index contributed by atoms with van der Waals surface area (Å²) < 4.78 is 95.6. The molecule has 0 fully saturated rings. The van der Waals surface area contributed by atoms with E-state index in [2.05, 4.69) is 0 Å². The van der Waals surface area contributed by atoms with Crippen molar-refractivity contribution in [3.8, 4) is 16.9 Å². The number of nitrogens with one attached hydrogen (secondary N) is 1. The molecule has 1 N–H and O–H groups in total. The van der Waals surface area contributed by atoms with Gasteiger partial charge in [0.1, 0.15) is 10.8 Å². The summed E-state index contributed by atoms with van der Waals surface area (Å²) in [6, 6.07) is 1.88. The number of anilines is 1. The van der Waals surface area contributed by atoms with E-state index < -0.39 is 62.3 Å². The molecule has 0 bridgehead atoms. The molecule has 0 amide bonds. The Labute approximate surface area is 139 Å². The Balaban J connectivity index is 2.79. The highest BCUT2D eigenvalue weighted by Crippen LogP contribution is 2.43. The number of benzene rings is 2. The topological polar surface area (TPSA) is 61.4 Å². The first-order valence-corrected chi connectivity index (χ1v) is 7.40. The second-order valence-electron chi connectivity index (χ2n) is 4.29. The van der Waals surface area contributed by atoms with Gasteiger partial charge in [-0.15, -0.1) is 0 Å². The SMILES string of the molecule is COc1c(-c2c(F)c(F)c(F)c(F)c2F)ccc(NS(=O)[O-])c1Cl. The molecule has 1 unspecified atom stereocenters. The predicted molar refractivity (Wildman–Crippen MR) is 75.8 cm³/mol. The van der Waals surface area contributed by atoms with Crippen molar-refractivity contribution in [2.24, 2.45) is 0 Å². The molecule has 2 aromatic carbocycles. The highest BCUT2D eigenvalue weighted by Gasteiger charge is 2.29. The van der Waals surface area contributed by atoms with Crippen LogP contribution in [-0.4, -0.2) is 15.9 Å². The maximum atomic E-state index is 13.9. The molecule has 11 heteroatoms. The molecule has 24 heavy (non-hydrogen) atoms. The predicted octanol–water partition coefficient (Wildman–Crippen LogP) is 3.92. The fourth-order valence-electron chi connectivity index (χ4n) is 1.96. The molecule has 1 atom stereocenters. The van der Waals surface area contributed by atoms with Crippen LogP contribution in [0.2, 0.25) is 5.02 Å². The normalized spacial score (nSPS) is 12.2. The lowest BCUT2D eigenvalue weighted by molar-refractivity contribution is 0.379. The zero-order chi connectivity index (χ0) is 18.2. The van der Waals surface area contributed by atoms with Crippen LogP contribution in [0.5, 0.6) is 5.75 Å². The van der Waals surface area contributed by atoms with Crippen molar-refractivity contribution >= 4 is 28.6 Å². The van der Waals surface area contributed by atoms with Crippen LogP contribution in [-0.2, 0) is 11.3 Å². The zero-order valence-electron chi connectivity index (χ0n) is 11.6. The molecule has 0 radical (unpaired) electrons. The number of hydrogen-bond acceptors (Lipinski definition) is 3. The smallest absolute Gasteiger partial charge is 0.200 e. The maximum Gasteiger partial charge on any atom is 0.200 e. The lowest BCUT2D eigenvalue weighted by Gasteiger charge is -2.17. The Hall–Kier alpha value is -1.91. The van der Waals surface area contributed by atoms with Crippen molar-refractivity contribution in [3.63, 3.8) is 0 Å². The van der Waals surface area contributed by atoms with Gasteiger partial charge in [0, 0.05) is 16.8 Å². The Morgan fingerprint density at radius 1 is 1.04 bits per heavy atom. The lowest BCUT2D eigenvalue weighted by atomic mass is 10.0. The molecule has 0 aliphatic rings. The van der Waals surface area contributed by atoms with Crippen molar-refractivity contribution in [2.45, 2.75) is 0 Å². The monoisotopic (exact) mass is 386 g/mol. The molecule has 0 spiro atoms. The number of ether oxygens (including phenoxy) is 1. The quantitative estimate of drug-likeness (QED) is 0.375. The second kappa shape index (κ2) is 6.91. The number of hydrogen-bond donors (Lipinski definition) is 1. The molecule has 0 saturated carbocycles. The minimum absolute atomic E-state index is 0.213. The van der Waals surface area contributed by atoms with Crippen LogP contribution in [0.1, 0.15) is 0 Å². The van der Waals surface area contributed by atoms with E-state index in [4.69, 9.17) is 16.3 Å². The Morgan fingerprint density at radius 3 is 2.00 bits per heavy atom. The molecule has 0 aliphatic heterocycles. The maximum absolute atomic E-state index is 13.9. The van der Waals surface area contributed by atoms with Crippen LogP contribution in [0.25, 0.3) is 11.1 Å². The fraction of sp³-hybridized carbons (Fsp3) is 0.0769. The second-order valence-corrected chi connectivity index (χ2v) is 5.34. The molecule has 0 aliphatic carbocycles. The van der Waals surface area contributed by atoms with E-state index in [0.29, 0.717) is 0 Å². The van der Waals surface area contributed by atoms with Crippen LogP contribution in [0, 0.1) is 29.1 Å². The Kier molecular flexibility index (Phi) is 5.31. The molecule has 2 rings (SSSR count). The summed E-state index contributed by atoms with van der Waals surface area (Å²) in [5, 5.41) is -0.428. The highest BCUT2D eigenvalue weighted by molar-refractivity contribution is 7.80. The van der Waals surface area contributed by atoms with E-state index in [1.54, 1.807) is 0 Å². The summed E-state index contributed by atoms with van der Waals surface area (Å²) in [6.07, 6.45) is 0. The highest BCUT2D eigenvalue weighted by atomic mass is 35.5. The lowest BCUT2D eigenvalue weighted by Crippen LogP contribution is -2.06. The van der Waals surface area contributed by atoms with Gasteiger partial charge >= 0.3 is 0 Å². The van der Waals surface area contributed by atoms with Crippen LogP contribution < -0.4 is 9.46 Å². The van der Waals surface area contributed by atoms with Crippen LogP contribution >= 0.6 is 11.6 Å². The van der Waals surface area contributed by atoms with Gasteiger partial charge in [0.15, 0.2) is 23.3 Å². The van der Waals surface area contributed by atoms with Crippen LogP contribution in [0.15, 0.2) is 12.1 Å². The molecule has 0 heterocycles. The van der Waals surface area contributed by atoms with Gasteiger partial charge in [0.05, 0.1) is 18.4 Å². The third-order valence-corrected chi connectivity index (χ3v) is 3.74. The Morgan fingerprint density at radius 2 is 1.54 bits per heavy atom. The van der Waals surface area contributed by atoms with Crippen molar-refractivity contribution in [1.29, 1.82) is 0 Å². The molecular weight excluding hydrogens is 381 g/mol. The molecule has 0 saturated heterocycles.